The lowest BCUT2D eigenvalue weighted by Crippen LogP contribution is -2.33. The average Bonchev–Trinajstić information content (AvgIpc) is 2.81. The Kier molecular flexibility index (Phi) is 6.25. The standard InChI is InChI=1S/C19H32N2/c1-5-19-11-6-16(4)21(19)14-18-9-7-17(8-10-18)12-13-20-15(2)3/h7-10,15-16,19-20H,5-6,11-14H2,1-4H3. The van der Waals surface area contributed by atoms with Crippen molar-refractivity contribution in [3.05, 3.63) is 35.4 Å². The zero-order valence-electron chi connectivity index (χ0n) is 14.2. The summed E-state index contributed by atoms with van der Waals surface area (Å²) in [5, 5.41) is 3.48. The largest absolute Gasteiger partial charge is 0.314 e. The smallest absolute Gasteiger partial charge is 0.0239 e. The third-order valence-electron chi connectivity index (χ3n) is 4.78. The van der Waals surface area contributed by atoms with Crippen molar-refractivity contribution >= 4 is 0 Å². The molecule has 118 valence electrons. The van der Waals surface area contributed by atoms with E-state index in [9.17, 15) is 0 Å². The minimum atomic E-state index is 0.576. The average molecular weight is 288 g/mol. The lowest BCUT2D eigenvalue weighted by atomic mass is 10.1. The Morgan fingerprint density at radius 1 is 1.14 bits per heavy atom. The minimum Gasteiger partial charge on any atom is -0.314 e. The van der Waals surface area contributed by atoms with Gasteiger partial charge in [-0.05, 0) is 50.3 Å². The van der Waals surface area contributed by atoms with Crippen LogP contribution in [0.1, 0.15) is 58.1 Å². The van der Waals surface area contributed by atoms with E-state index in [0.29, 0.717) is 6.04 Å². The van der Waals surface area contributed by atoms with E-state index in [-0.39, 0.29) is 0 Å². The summed E-state index contributed by atoms with van der Waals surface area (Å²) in [7, 11) is 0. The summed E-state index contributed by atoms with van der Waals surface area (Å²) in [4.78, 5) is 2.69. The van der Waals surface area contributed by atoms with Gasteiger partial charge in [0, 0.05) is 24.7 Å². The maximum atomic E-state index is 3.48. The fraction of sp³-hybridized carbons (Fsp3) is 0.684. The van der Waals surface area contributed by atoms with E-state index in [0.717, 1.165) is 31.6 Å². The predicted octanol–water partition coefficient (Wildman–Crippen LogP) is 3.99. The molecule has 2 unspecified atom stereocenters. The van der Waals surface area contributed by atoms with Crippen LogP contribution in [0.25, 0.3) is 0 Å². The van der Waals surface area contributed by atoms with Gasteiger partial charge in [0.2, 0.25) is 0 Å². The van der Waals surface area contributed by atoms with Gasteiger partial charge >= 0.3 is 0 Å². The second kappa shape index (κ2) is 7.95. The molecule has 1 aliphatic heterocycles. The van der Waals surface area contributed by atoms with Gasteiger partial charge in [-0.25, -0.2) is 0 Å². The van der Waals surface area contributed by atoms with Crippen LogP contribution in [0.3, 0.4) is 0 Å². The molecule has 2 rings (SSSR count). The van der Waals surface area contributed by atoms with Gasteiger partial charge in [0.1, 0.15) is 0 Å². The van der Waals surface area contributed by atoms with Crippen LogP contribution in [0.2, 0.25) is 0 Å². The van der Waals surface area contributed by atoms with E-state index in [2.05, 4.69) is 62.2 Å². The molecule has 0 radical (unpaired) electrons. The third kappa shape index (κ3) is 4.82. The highest BCUT2D eigenvalue weighted by atomic mass is 15.2. The van der Waals surface area contributed by atoms with Crippen LogP contribution in [0.5, 0.6) is 0 Å². The Balaban J connectivity index is 1.87. The number of benzene rings is 1. The summed E-state index contributed by atoms with van der Waals surface area (Å²) in [5.74, 6) is 0. The zero-order valence-corrected chi connectivity index (χ0v) is 14.2. The Labute approximate surface area is 130 Å². The lowest BCUT2D eigenvalue weighted by Gasteiger charge is -2.27. The molecule has 1 aliphatic rings. The van der Waals surface area contributed by atoms with Gasteiger partial charge < -0.3 is 5.32 Å². The van der Waals surface area contributed by atoms with Crippen LogP contribution in [0, 0.1) is 0 Å². The highest BCUT2D eigenvalue weighted by Gasteiger charge is 2.28. The molecule has 2 heteroatoms. The molecular formula is C19H32N2. The molecule has 2 nitrogen and oxygen atoms in total. The van der Waals surface area contributed by atoms with Gasteiger partial charge in [0.15, 0.2) is 0 Å². The molecule has 1 fully saturated rings. The Bertz CT molecular complexity index is 410. The van der Waals surface area contributed by atoms with Gasteiger partial charge in [-0.15, -0.1) is 0 Å². The van der Waals surface area contributed by atoms with Crippen molar-refractivity contribution in [3.8, 4) is 0 Å². The minimum absolute atomic E-state index is 0.576. The Hall–Kier alpha value is -0.860. The van der Waals surface area contributed by atoms with Crippen LogP contribution in [-0.2, 0) is 13.0 Å². The normalized spacial score (nSPS) is 23.1. The van der Waals surface area contributed by atoms with Crippen molar-refractivity contribution in [2.75, 3.05) is 6.54 Å². The van der Waals surface area contributed by atoms with Crippen LogP contribution in [0.4, 0.5) is 0 Å². The van der Waals surface area contributed by atoms with Crippen molar-refractivity contribution < 1.29 is 0 Å². The molecule has 0 aromatic heterocycles. The van der Waals surface area contributed by atoms with Crippen LogP contribution in [-0.4, -0.2) is 29.6 Å². The monoisotopic (exact) mass is 288 g/mol. The topological polar surface area (TPSA) is 15.3 Å². The molecule has 0 aliphatic carbocycles. The van der Waals surface area contributed by atoms with Gasteiger partial charge in [0.25, 0.3) is 0 Å². The predicted molar refractivity (Wildman–Crippen MR) is 91.6 cm³/mol. The summed E-state index contributed by atoms with van der Waals surface area (Å²) in [6, 6.07) is 11.4. The summed E-state index contributed by atoms with van der Waals surface area (Å²) in [6.07, 6.45) is 5.13. The van der Waals surface area contributed by atoms with Gasteiger partial charge in [-0.1, -0.05) is 45.0 Å². The van der Waals surface area contributed by atoms with E-state index in [1.54, 1.807) is 0 Å². The van der Waals surface area contributed by atoms with Crippen molar-refractivity contribution in [1.29, 1.82) is 0 Å². The molecule has 1 N–H and O–H groups in total. The first-order chi connectivity index (χ1) is 10.1. The third-order valence-corrected chi connectivity index (χ3v) is 4.78. The molecule has 0 bridgehead atoms. The SMILES string of the molecule is CCC1CCC(C)N1Cc1ccc(CCNC(C)C)cc1. The maximum Gasteiger partial charge on any atom is 0.0239 e. The van der Waals surface area contributed by atoms with Crippen molar-refractivity contribution in [3.63, 3.8) is 0 Å². The second-order valence-electron chi connectivity index (χ2n) is 6.84. The molecule has 1 heterocycles. The number of nitrogens with zero attached hydrogens (tertiary/aromatic N) is 1. The van der Waals surface area contributed by atoms with Gasteiger partial charge in [-0.3, -0.25) is 4.90 Å². The molecule has 1 saturated heterocycles. The maximum absolute atomic E-state index is 3.48. The number of likely N-dealkylation sites (tertiary alicyclic amines) is 1. The van der Waals surface area contributed by atoms with Crippen molar-refractivity contribution in [2.45, 2.75) is 78.0 Å². The van der Waals surface area contributed by atoms with E-state index < -0.39 is 0 Å². The fourth-order valence-electron chi connectivity index (χ4n) is 3.38. The summed E-state index contributed by atoms with van der Waals surface area (Å²) >= 11 is 0. The first-order valence-corrected chi connectivity index (χ1v) is 8.67. The summed E-state index contributed by atoms with van der Waals surface area (Å²) < 4.78 is 0. The first kappa shape index (κ1) is 16.5. The molecule has 0 spiro atoms. The highest BCUT2D eigenvalue weighted by molar-refractivity contribution is 5.23. The molecule has 1 aromatic carbocycles. The van der Waals surface area contributed by atoms with Gasteiger partial charge in [-0.2, -0.15) is 0 Å². The number of rotatable bonds is 7. The number of nitrogens with one attached hydrogen (secondary N) is 1. The lowest BCUT2D eigenvalue weighted by molar-refractivity contribution is 0.189. The Morgan fingerprint density at radius 3 is 2.43 bits per heavy atom. The molecule has 1 aromatic rings. The van der Waals surface area contributed by atoms with Gasteiger partial charge in [0.05, 0.1) is 0 Å². The van der Waals surface area contributed by atoms with E-state index >= 15 is 0 Å². The first-order valence-electron chi connectivity index (χ1n) is 8.67. The number of hydrogen-bond donors (Lipinski definition) is 1. The van der Waals surface area contributed by atoms with Crippen molar-refractivity contribution in [2.24, 2.45) is 0 Å². The van der Waals surface area contributed by atoms with E-state index in [1.165, 1.54) is 30.4 Å². The van der Waals surface area contributed by atoms with Crippen molar-refractivity contribution in [1.82, 2.24) is 10.2 Å². The van der Waals surface area contributed by atoms with Crippen LogP contribution in [0.15, 0.2) is 24.3 Å². The molecule has 2 atom stereocenters. The highest BCUT2D eigenvalue weighted by Crippen LogP contribution is 2.27. The van der Waals surface area contributed by atoms with E-state index in [1.807, 2.05) is 0 Å². The number of hydrogen-bond acceptors (Lipinski definition) is 2. The molecule has 21 heavy (non-hydrogen) atoms. The summed E-state index contributed by atoms with van der Waals surface area (Å²) in [6.45, 7) is 11.3. The second-order valence-corrected chi connectivity index (χ2v) is 6.84. The van der Waals surface area contributed by atoms with Crippen LogP contribution < -0.4 is 5.32 Å². The van der Waals surface area contributed by atoms with E-state index in [4.69, 9.17) is 0 Å². The quantitative estimate of drug-likeness (QED) is 0.816. The van der Waals surface area contributed by atoms with Crippen LogP contribution >= 0.6 is 0 Å². The Morgan fingerprint density at radius 2 is 1.81 bits per heavy atom. The molecule has 0 amide bonds. The molecule has 0 saturated carbocycles. The zero-order chi connectivity index (χ0) is 15.2. The fourth-order valence-corrected chi connectivity index (χ4v) is 3.38. The summed E-state index contributed by atoms with van der Waals surface area (Å²) in [5.41, 5.74) is 2.90. The molecular weight excluding hydrogens is 256 g/mol.